The number of carboxylic acid groups (broad SMARTS) is 1. The van der Waals surface area contributed by atoms with Crippen molar-refractivity contribution in [3.8, 4) is 11.4 Å². The SMILES string of the molecule is CNc1cc(C(=O)N[C@@H](CP(=O)(O)O)C(=O)N2CCN(CCCCC(=O)O)CC2)nc(-c2ccccc2)n1. The summed E-state index contributed by atoms with van der Waals surface area (Å²) >= 11 is 0. The van der Waals surface area contributed by atoms with Gasteiger partial charge >= 0.3 is 13.6 Å². The third kappa shape index (κ3) is 8.88. The molecule has 2 aromatic rings. The molecule has 1 aliphatic rings. The van der Waals surface area contributed by atoms with Crippen LogP contribution in [0.2, 0.25) is 0 Å². The Bertz CT molecular complexity index is 1170. The number of nitrogens with zero attached hydrogens (tertiary/aromatic N) is 4. The molecule has 1 aromatic carbocycles. The molecule has 0 spiro atoms. The van der Waals surface area contributed by atoms with E-state index in [1.54, 1.807) is 31.3 Å². The first kappa shape index (κ1) is 29.2. The lowest BCUT2D eigenvalue weighted by molar-refractivity contribution is -0.137. The summed E-state index contributed by atoms with van der Waals surface area (Å²) in [5.74, 6) is -1.54. The molecule has 14 heteroatoms. The molecule has 2 heterocycles. The van der Waals surface area contributed by atoms with Gasteiger partial charge in [0.2, 0.25) is 5.91 Å². The number of hydrogen-bond donors (Lipinski definition) is 5. The van der Waals surface area contributed by atoms with Crippen molar-refractivity contribution >= 4 is 31.2 Å². The van der Waals surface area contributed by atoms with Crippen molar-refractivity contribution in [1.29, 1.82) is 0 Å². The highest BCUT2D eigenvalue weighted by molar-refractivity contribution is 7.51. The second kappa shape index (κ2) is 13.4. The number of aliphatic carboxylic acids is 1. The van der Waals surface area contributed by atoms with E-state index in [2.05, 4.69) is 25.5 Å². The highest BCUT2D eigenvalue weighted by Crippen LogP contribution is 2.35. The van der Waals surface area contributed by atoms with E-state index >= 15 is 0 Å². The predicted molar refractivity (Wildman–Crippen MR) is 140 cm³/mol. The minimum Gasteiger partial charge on any atom is -0.481 e. The van der Waals surface area contributed by atoms with Crippen LogP contribution in [0.1, 0.15) is 29.8 Å². The Morgan fingerprint density at radius 3 is 2.34 bits per heavy atom. The lowest BCUT2D eigenvalue weighted by Crippen LogP contribution is -2.56. The highest BCUT2D eigenvalue weighted by Gasteiger charge is 2.34. The Hall–Kier alpha value is -3.38. The van der Waals surface area contributed by atoms with E-state index in [4.69, 9.17) is 5.11 Å². The third-order valence-electron chi connectivity index (χ3n) is 6.07. The topological polar surface area (TPSA) is 185 Å². The molecular formula is C24H33N6O7P. The fourth-order valence-electron chi connectivity index (χ4n) is 4.09. The van der Waals surface area contributed by atoms with Crippen molar-refractivity contribution in [1.82, 2.24) is 25.1 Å². The molecule has 38 heavy (non-hydrogen) atoms. The normalized spacial score (nSPS) is 15.1. The van der Waals surface area contributed by atoms with Crippen LogP contribution in [0.5, 0.6) is 0 Å². The van der Waals surface area contributed by atoms with Gasteiger partial charge in [0, 0.05) is 51.3 Å². The largest absolute Gasteiger partial charge is 0.481 e. The van der Waals surface area contributed by atoms with Gasteiger partial charge in [0.15, 0.2) is 5.82 Å². The van der Waals surface area contributed by atoms with E-state index in [9.17, 15) is 28.7 Å². The second-order valence-corrected chi connectivity index (χ2v) is 10.7. The summed E-state index contributed by atoms with van der Waals surface area (Å²) in [6.45, 7) is 2.41. The molecule has 3 rings (SSSR count). The van der Waals surface area contributed by atoms with Gasteiger partial charge in [0.1, 0.15) is 17.6 Å². The lowest BCUT2D eigenvalue weighted by Gasteiger charge is -2.36. The van der Waals surface area contributed by atoms with Gasteiger partial charge in [-0.1, -0.05) is 30.3 Å². The van der Waals surface area contributed by atoms with Crippen LogP contribution in [0.4, 0.5) is 5.82 Å². The number of benzene rings is 1. The molecule has 0 bridgehead atoms. The fraction of sp³-hybridized carbons (Fsp3) is 0.458. The number of unbranched alkanes of at least 4 members (excludes halogenated alkanes) is 1. The Kier molecular flexibility index (Phi) is 10.3. The summed E-state index contributed by atoms with van der Waals surface area (Å²) in [7, 11) is -3.02. The maximum absolute atomic E-state index is 13.2. The number of piperazine rings is 1. The fourth-order valence-corrected chi connectivity index (χ4v) is 4.81. The third-order valence-corrected chi connectivity index (χ3v) is 6.91. The molecule has 1 aromatic heterocycles. The number of hydrogen-bond acceptors (Lipinski definition) is 8. The van der Waals surface area contributed by atoms with Gasteiger partial charge in [-0.15, -0.1) is 0 Å². The van der Waals surface area contributed by atoms with E-state index in [1.165, 1.54) is 11.0 Å². The molecule has 0 saturated carbocycles. The number of aromatic nitrogens is 2. The maximum atomic E-state index is 13.2. The summed E-state index contributed by atoms with van der Waals surface area (Å²) in [6.07, 6.45) is 0.546. The number of carbonyl (C=O) groups excluding carboxylic acids is 2. The lowest BCUT2D eigenvalue weighted by atomic mass is 10.2. The van der Waals surface area contributed by atoms with E-state index in [-0.39, 0.29) is 17.9 Å². The highest BCUT2D eigenvalue weighted by atomic mass is 31.2. The summed E-state index contributed by atoms with van der Waals surface area (Å²) in [5, 5.41) is 14.1. The Morgan fingerprint density at radius 2 is 1.74 bits per heavy atom. The van der Waals surface area contributed by atoms with E-state index in [0.717, 1.165) is 6.42 Å². The first-order valence-electron chi connectivity index (χ1n) is 12.3. The zero-order valence-electron chi connectivity index (χ0n) is 21.1. The average Bonchev–Trinajstić information content (AvgIpc) is 2.90. The molecule has 1 aliphatic heterocycles. The Balaban J connectivity index is 1.69. The Morgan fingerprint density at radius 1 is 1.05 bits per heavy atom. The number of nitrogens with one attached hydrogen (secondary N) is 2. The number of anilines is 1. The van der Waals surface area contributed by atoms with Gasteiger partial charge in [0.05, 0.1) is 6.16 Å². The van der Waals surface area contributed by atoms with Crippen molar-refractivity contribution in [2.75, 3.05) is 51.3 Å². The molecule has 5 N–H and O–H groups in total. The van der Waals surface area contributed by atoms with Crippen molar-refractivity contribution in [3.05, 3.63) is 42.1 Å². The number of carboxylic acids is 1. The van der Waals surface area contributed by atoms with Crippen molar-refractivity contribution in [2.24, 2.45) is 0 Å². The average molecular weight is 549 g/mol. The van der Waals surface area contributed by atoms with Gasteiger partial charge in [-0.25, -0.2) is 9.97 Å². The van der Waals surface area contributed by atoms with Crippen LogP contribution in [0, 0.1) is 0 Å². The molecule has 206 valence electrons. The smallest absolute Gasteiger partial charge is 0.328 e. The summed E-state index contributed by atoms with van der Waals surface area (Å²) in [4.78, 5) is 68.5. The zero-order valence-corrected chi connectivity index (χ0v) is 22.0. The van der Waals surface area contributed by atoms with Gasteiger partial charge in [-0.05, 0) is 19.4 Å². The molecule has 13 nitrogen and oxygen atoms in total. The molecule has 0 unspecified atom stereocenters. The van der Waals surface area contributed by atoms with Gasteiger partial charge in [-0.3, -0.25) is 23.8 Å². The second-order valence-electron chi connectivity index (χ2n) is 8.97. The minimum atomic E-state index is -4.65. The predicted octanol–water partition coefficient (Wildman–Crippen LogP) is 0.861. The Labute approximate surface area is 220 Å². The van der Waals surface area contributed by atoms with E-state index in [0.29, 0.717) is 50.5 Å². The summed E-state index contributed by atoms with van der Waals surface area (Å²) in [5.41, 5.74) is 0.611. The van der Waals surface area contributed by atoms with Crippen molar-refractivity contribution in [3.63, 3.8) is 0 Å². The molecule has 0 radical (unpaired) electrons. The number of amides is 2. The van der Waals surface area contributed by atoms with Gasteiger partial charge in [-0.2, -0.15) is 0 Å². The monoisotopic (exact) mass is 548 g/mol. The molecule has 2 amide bonds. The van der Waals surface area contributed by atoms with Crippen LogP contribution in [0.15, 0.2) is 36.4 Å². The van der Waals surface area contributed by atoms with Crippen LogP contribution in [-0.2, 0) is 14.2 Å². The first-order valence-corrected chi connectivity index (χ1v) is 14.1. The molecule has 1 saturated heterocycles. The summed E-state index contributed by atoms with van der Waals surface area (Å²) < 4.78 is 11.8. The molecule has 1 atom stereocenters. The quantitative estimate of drug-likeness (QED) is 0.187. The minimum absolute atomic E-state index is 0.0575. The van der Waals surface area contributed by atoms with Crippen molar-refractivity contribution < 1.29 is 33.8 Å². The standard InChI is InChI=1S/C24H33N6O7P/c1-25-20-15-18(26-22(28-20)17-7-3-2-4-8-17)23(33)27-19(16-38(35,36)37)24(34)30-13-11-29(12-14-30)10-6-5-9-21(31)32/h2-4,7-8,15,19H,5-6,9-14,16H2,1H3,(H,27,33)(H,31,32)(H,25,26,28)(H2,35,36,37)/t19-/m0/s1. The maximum Gasteiger partial charge on any atom is 0.328 e. The number of rotatable bonds is 12. The summed E-state index contributed by atoms with van der Waals surface area (Å²) in [6, 6.07) is 8.94. The van der Waals surface area contributed by atoms with E-state index < -0.39 is 37.6 Å². The van der Waals surface area contributed by atoms with Crippen LogP contribution in [0.3, 0.4) is 0 Å². The van der Waals surface area contributed by atoms with Crippen LogP contribution in [-0.4, -0.2) is 104 Å². The number of carbonyl (C=O) groups is 3. The first-order chi connectivity index (χ1) is 18.1. The molecular weight excluding hydrogens is 515 g/mol. The molecule has 1 fully saturated rings. The van der Waals surface area contributed by atoms with E-state index in [1.807, 2.05) is 6.07 Å². The van der Waals surface area contributed by atoms with Crippen LogP contribution < -0.4 is 10.6 Å². The van der Waals surface area contributed by atoms with Gasteiger partial charge < -0.3 is 30.4 Å². The van der Waals surface area contributed by atoms with Gasteiger partial charge in [0.25, 0.3) is 5.91 Å². The van der Waals surface area contributed by atoms with Crippen LogP contribution >= 0.6 is 7.60 Å². The van der Waals surface area contributed by atoms with Crippen LogP contribution in [0.25, 0.3) is 11.4 Å². The van der Waals surface area contributed by atoms with Crippen molar-refractivity contribution in [2.45, 2.75) is 25.3 Å². The zero-order chi connectivity index (χ0) is 27.7. The molecule has 0 aliphatic carbocycles.